The fourth-order valence-corrected chi connectivity index (χ4v) is 2.53. The molecule has 7 heteroatoms. The quantitative estimate of drug-likeness (QED) is 0.668. The van der Waals surface area contributed by atoms with Gasteiger partial charge in [-0.05, 0) is 37.1 Å². The third kappa shape index (κ3) is 6.12. The molecule has 1 amide bonds. The molecule has 2 aromatic rings. The molecule has 2 rings (SSSR count). The highest BCUT2D eigenvalue weighted by Crippen LogP contribution is 2.20. The Hall–Kier alpha value is -3.35. The molecule has 7 nitrogen and oxygen atoms in total. The molecule has 0 spiro atoms. The van der Waals surface area contributed by atoms with Crippen LogP contribution in [0, 0.1) is 0 Å². The first-order valence-corrected chi connectivity index (χ1v) is 8.88. The van der Waals surface area contributed by atoms with Crippen LogP contribution in [0.3, 0.4) is 0 Å². The van der Waals surface area contributed by atoms with E-state index < -0.39 is 24.5 Å². The normalized spacial score (nSPS) is 10.1. The number of carbonyl (C=O) groups excluding carboxylic acids is 3. The van der Waals surface area contributed by atoms with Crippen LogP contribution in [0.15, 0.2) is 48.5 Å². The van der Waals surface area contributed by atoms with Gasteiger partial charge in [-0.1, -0.05) is 30.3 Å². The number of para-hydroxylation sites is 2. The summed E-state index contributed by atoms with van der Waals surface area (Å²) in [4.78, 5) is 35.7. The summed E-state index contributed by atoms with van der Waals surface area (Å²) in [5.41, 5.74) is 1.41. The molecular formula is C21H23NO6. The Bertz CT molecular complexity index is 833. The number of methoxy groups -OCH3 is 1. The average molecular weight is 385 g/mol. The first kappa shape index (κ1) is 21.0. The minimum absolute atomic E-state index is 0.121. The van der Waals surface area contributed by atoms with E-state index in [1.807, 2.05) is 31.2 Å². The van der Waals surface area contributed by atoms with Gasteiger partial charge in [0.2, 0.25) is 0 Å². The summed E-state index contributed by atoms with van der Waals surface area (Å²) < 4.78 is 15.2. The summed E-state index contributed by atoms with van der Waals surface area (Å²) in [5, 5.41) is 2.54. The summed E-state index contributed by atoms with van der Waals surface area (Å²) >= 11 is 0. The van der Waals surface area contributed by atoms with Crippen LogP contribution in [0.2, 0.25) is 0 Å². The Kier molecular flexibility index (Phi) is 8.02. The summed E-state index contributed by atoms with van der Waals surface area (Å²) in [5.74, 6) is -0.877. The molecule has 0 unspecified atom stereocenters. The van der Waals surface area contributed by atoms with Gasteiger partial charge in [0.25, 0.3) is 5.91 Å². The molecule has 28 heavy (non-hydrogen) atoms. The number of nitrogens with one attached hydrogen (secondary N) is 1. The smallest absolute Gasteiger partial charge is 0.339 e. The maximum absolute atomic E-state index is 12.0. The van der Waals surface area contributed by atoms with Gasteiger partial charge in [0.1, 0.15) is 5.75 Å². The molecule has 0 saturated carbocycles. The lowest BCUT2D eigenvalue weighted by Crippen LogP contribution is -2.22. The van der Waals surface area contributed by atoms with Gasteiger partial charge in [-0.3, -0.25) is 9.59 Å². The van der Waals surface area contributed by atoms with Crippen molar-refractivity contribution in [3.05, 3.63) is 59.7 Å². The Morgan fingerprint density at radius 2 is 1.71 bits per heavy atom. The van der Waals surface area contributed by atoms with Gasteiger partial charge in [-0.2, -0.15) is 0 Å². The number of benzene rings is 2. The average Bonchev–Trinajstić information content (AvgIpc) is 2.71. The van der Waals surface area contributed by atoms with Crippen LogP contribution in [0.4, 0.5) is 5.69 Å². The molecule has 0 atom stereocenters. The zero-order valence-electron chi connectivity index (χ0n) is 15.9. The highest BCUT2D eigenvalue weighted by Gasteiger charge is 2.14. The van der Waals surface area contributed by atoms with E-state index in [1.54, 1.807) is 18.2 Å². The van der Waals surface area contributed by atoms with E-state index in [2.05, 4.69) is 10.1 Å². The monoisotopic (exact) mass is 385 g/mol. The third-order valence-electron chi connectivity index (χ3n) is 3.84. The van der Waals surface area contributed by atoms with Crippen LogP contribution in [0.25, 0.3) is 0 Å². The van der Waals surface area contributed by atoms with Gasteiger partial charge in [0.15, 0.2) is 6.61 Å². The zero-order valence-corrected chi connectivity index (χ0v) is 15.9. The number of anilines is 1. The van der Waals surface area contributed by atoms with Crippen molar-refractivity contribution >= 4 is 23.5 Å². The lowest BCUT2D eigenvalue weighted by atomic mass is 10.1. The standard InChI is InChI=1S/C21H23NO6/c1-3-27-18-11-7-4-8-15(18)12-13-20(24)28-14-19(23)22-17-10-6-5-9-16(17)21(25)26-2/h4-11H,3,12-14H2,1-2H3,(H,22,23). The lowest BCUT2D eigenvalue weighted by molar-refractivity contribution is -0.147. The van der Waals surface area contributed by atoms with E-state index in [0.717, 1.165) is 11.3 Å². The number of hydrogen-bond donors (Lipinski definition) is 1. The zero-order chi connectivity index (χ0) is 20.4. The van der Waals surface area contributed by atoms with E-state index in [-0.39, 0.29) is 12.0 Å². The molecule has 0 saturated heterocycles. The minimum atomic E-state index is -0.569. The minimum Gasteiger partial charge on any atom is -0.494 e. The SMILES string of the molecule is CCOc1ccccc1CCC(=O)OCC(=O)Nc1ccccc1C(=O)OC. The molecule has 148 valence electrons. The Morgan fingerprint density at radius 3 is 2.46 bits per heavy atom. The Morgan fingerprint density at radius 1 is 1.00 bits per heavy atom. The van der Waals surface area contributed by atoms with Gasteiger partial charge in [-0.15, -0.1) is 0 Å². The summed E-state index contributed by atoms with van der Waals surface area (Å²) in [7, 11) is 1.26. The molecule has 0 aliphatic carbocycles. The van der Waals surface area contributed by atoms with Crippen molar-refractivity contribution in [2.45, 2.75) is 19.8 Å². The van der Waals surface area contributed by atoms with Crippen molar-refractivity contribution < 1.29 is 28.6 Å². The molecule has 0 fully saturated rings. The molecule has 0 radical (unpaired) electrons. The molecule has 0 bridgehead atoms. The highest BCUT2D eigenvalue weighted by molar-refractivity contribution is 6.01. The van der Waals surface area contributed by atoms with E-state index in [1.165, 1.54) is 13.2 Å². The number of hydrogen-bond acceptors (Lipinski definition) is 6. The van der Waals surface area contributed by atoms with Crippen molar-refractivity contribution in [3.8, 4) is 5.75 Å². The summed E-state index contributed by atoms with van der Waals surface area (Å²) in [6, 6.07) is 13.9. The van der Waals surface area contributed by atoms with Crippen molar-refractivity contribution in [1.82, 2.24) is 0 Å². The molecule has 0 aromatic heterocycles. The van der Waals surface area contributed by atoms with Crippen molar-refractivity contribution in [2.24, 2.45) is 0 Å². The lowest BCUT2D eigenvalue weighted by Gasteiger charge is -2.11. The van der Waals surface area contributed by atoms with Gasteiger partial charge in [0, 0.05) is 6.42 Å². The second-order valence-corrected chi connectivity index (χ2v) is 5.79. The number of esters is 2. The number of carbonyl (C=O) groups is 3. The van der Waals surface area contributed by atoms with Gasteiger partial charge in [-0.25, -0.2) is 4.79 Å². The summed E-state index contributed by atoms with van der Waals surface area (Å²) in [6.07, 6.45) is 0.567. The van der Waals surface area contributed by atoms with Crippen molar-refractivity contribution in [3.63, 3.8) is 0 Å². The largest absolute Gasteiger partial charge is 0.494 e. The third-order valence-corrected chi connectivity index (χ3v) is 3.84. The second-order valence-electron chi connectivity index (χ2n) is 5.79. The van der Waals surface area contributed by atoms with Crippen LogP contribution in [-0.4, -0.2) is 38.2 Å². The van der Waals surface area contributed by atoms with Crippen LogP contribution in [-0.2, 0) is 25.5 Å². The Labute approximate surface area is 163 Å². The van der Waals surface area contributed by atoms with E-state index in [0.29, 0.717) is 18.7 Å². The van der Waals surface area contributed by atoms with Gasteiger partial charge >= 0.3 is 11.9 Å². The maximum Gasteiger partial charge on any atom is 0.339 e. The van der Waals surface area contributed by atoms with Crippen molar-refractivity contribution in [1.29, 1.82) is 0 Å². The first-order valence-electron chi connectivity index (χ1n) is 8.88. The highest BCUT2D eigenvalue weighted by atomic mass is 16.5. The molecular weight excluding hydrogens is 362 g/mol. The van der Waals surface area contributed by atoms with E-state index in [9.17, 15) is 14.4 Å². The Balaban J connectivity index is 1.84. The fraction of sp³-hybridized carbons (Fsp3) is 0.286. The fourth-order valence-electron chi connectivity index (χ4n) is 2.53. The van der Waals surface area contributed by atoms with Crippen LogP contribution < -0.4 is 10.1 Å². The first-order chi connectivity index (χ1) is 13.5. The molecule has 0 heterocycles. The van der Waals surface area contributed by atoms with E-state index >= 15 is 0 Å². The number of ether oxygens (including phenoxy) is 3. The van der Waals surface area contributed by atoms with Gasteiger partial charge in [0.05, 0.1) is 25.0 Å². The molecule has 2 aromatic carbocycles. The topological polar surface area (TPSA) is 90.9 Å². The number of aryl methyl sites for hydroxylation is 1. The van der Waals surface area contributed by atoms with Crippen molar-refractivity contribution in [2.75, 3.05) is 25.6 Å². The predicted octanol–water partition coefficient (Wildman–Crippen LogP) is 2.99. The molecule has 1 N–H and O–H groups in total. The number of amides is 1. The van der Waals surface area contributed by atoms with Crippen LogP contribution in [0.5, 0.6) is 5.75 Å². The molecule has 0 aliphatic heterocycles. The molecule has 0 aliphatic rings. The van der Waals surface area contributed by atoms with Gasteiger partial charge < -0.3 is 19.5 Å². The predicted molar refractivity (Wildman–Crippen MR) is 103 cm³/mol. The number of rotatable bonds is 9. The summed E-state index contributed by atoms with van der Waals surface area (Å²) in [6.45, 7) is 1.98. The maximum atomic E-state index is 12.0. The van der Waals surface area contributed by atoms with E-state index in [4.69, 9.17) is 9.47 Å². The van der Waals surface area contributed by atoms with Crippen LogP contribution >= 0.6 is 0 Å². The van der Waals surface area contributed by atoms with Crippen LogP contribution in [0.1, 0.15) is 29.3 Å². The second kappa shape index (κ2) is 10.7.